The molecule has 0 radical (unpaired) electrons. The average Bonchev–Trinajstić information content (AvgIpc) is 4.00. The number of carboxylic acids is 1. The van der Waals surface area contributed by atoms with Crippen molar-refractivity contribution in [2.24, 2.45) is 22.9 Å². The summed E-state index contributed by atoms with van der Waals surface area (Å²) in [5.41, 5.74) is 25.1. The number of benzene rings is 2. The minimum atomic E-state index is -1.47. The van der Waals surface area contributed by atoms with E-state index < -0.39 is 102 Å². The van der Waals surface area contributed by atoms with E-state index in [0.29, 0.717) is 31.4 Å². The molecule has 2 heterocycles. The van der Waals surface area contributed by atoms with Crippen molar-refractivity contribution in [2.45, 2.75) is 120 Å². The smallest absolute Gasteiger partial charge is 0.326 e. The number of carbonyl (C=O) groups is 9. The second kappa shape index (κ2) is 28.2. The zero-order valence-corrected chi connectivity index (χ0v) is 39.8. The highest BCUT2D eigenvalue weighted by molar-refractivity contribution is 5.98. The molecule has 1 saturated heterocycles. The summed E-state index contributed by atoms with van der Waals surface area (Å²) in [5.74, 6) is -7.59. The van der Waals surface area contributed by atoms with Crippen molar-refractivity contribution in [1.29, 1.82) is 5.41 Å². The van der Waals surface area contributed by atoms with E-state index in [1.165, 1.54) is 11.8 Å². The number of nitrogens with one attached hydrogen (secondary N) is 9. The Morgan fingerprint density at radius 1 is 0.761 bits per heavy atom. The highest BCUT2D eigenvalue weighted by Crippen LogP contribution is 2.20. The third kappa shape index (κ3) is 18.0. The van der Waals surface area contributed by atoms with Crippen LogP contribution < -0.4 is 60.2 Å². The van der Waals surface area contributed by atoms with Gasteiger partial charge in [-0.1, -0.05) is 48.5 Å². The van der Waals surface area contributed by atoms with Crippen LogP contribution >= 0.6 is 0 Å². The van der Waals surface area contributed by atoms with E-state index in [9.17, 15) is 48.3 Å². The lowest BCUT2D eigenvalue weighted by molar-refractivity contribution is -0.142. The fourth-order valence-corrected chi connectivity index (χ4v) is 8.07. The Morgan fingerprint density at radius 2 is 1.39 bits per heavy atom. The van der Waals surface area contributed by atoms with Crippen molar-refractivity contribution in [3.8, 4) is 0 Å². The van der Waals surface area contributed by atoms with Gasteiger partial charge in [0.2, 0.25) is 47.3 Å². The molecule has 1 aromatic heterocycles. The van der Waals surface area contributed by atoms with E-state index in [1.54, 1.807) is 36.5 Å². The molecule has 0 saturated carbocycles. The Balaban J connectivity index is 1.46. The van der Waals surface area contributed by atoms with Gasteiger partial charge in [-0.2, -0.15) is 0 Å². The molecule has 24 heteroatoms. The van der Waals surface area contributed by atoms with Gasteiger partial charge in [-0.15, -0.1) is 0 Å². The minimum absolute atomic E-state index is 0.00601. The number of primary amides is 1. The Bertz CT molecular complexity index is 2350. The molecule has 0 spiro atoms. The molecule has 1 aliphatic heterocycles. The number of hydrogen-bond donors (Lipinski definition) is 14. The number of aromatic nitrogens is 1. The van der Waals surface area contributed by atoms with Crippen LogP contribution in [0, 0.1) is 5.41 Å². The summed E-state index contributed by atoms with van der Waals surface area (Å²) in [7, 11) is 0. The quantitative estimate of drug-likeness (QED) is 0.0196. The zero-order valence-electron chi connectivity index (χ0n) is 39.8. The van der Waals surface area contributed by atoms with Crippen molar-refractivity contribution in [1.82, 2.24) is 47.1 Å². The fraction of sp³-hybridized carbons (Fsp3) is 0.489. The van der Waals surface area contributed by atoms with Crippen LogP contribution in [0.15, 0.2) is 60.8 Å². The van der Waals surface area contributed by atoms with Crippen LogP contribution in [-0.4, -0.2) is 143 Å². The Hall–Kier alpha value is -7.60. The maximum absolute atomic E-state index is 14.2. The molecular formula is C47H68N14O10. The lowest BCUT2D eigenvalue weighted by atomic mass is 10.0. The van der Waals surface area contributed by atoms with Crippen molar-refractivity contribution in [3.05, 3.63) is 71.9 Å². The van der Waals surface area contributed by atoms with Crippen LogP contribution in [-0.2, 0) is 56.0 Å². The molecule has 0 aliphatic carbocycles. The van der Waals surface area contributed by atoms with Gasteiger partial charge in [0.25, 0.3) is 0 Å². The predicted octanol–water partition coefficient (Wildman–Crippen LogP) is -2.43. The highest BCUT2D eigenvalue weighted by Gasteiger charge is 2.38. The number of rotatable bonds is 29. The van der Waals surface area contributed by atoms with Gasteiger partial charge in [-0.25, -0.2) is 4.79 Å². The monoisotopic (exact) mass is 989 g/mol. The second-order valence-electron chi connectivity index (χ2n) is 17.4. The molecular weight excluding hydrogens is 921 g/mol. The van der Waals surface area contributed by atoms with Crippen LogP contribution in [0.25, 0.3) is 10.9 Å². The maximum Gasteiger partial charge on any atom is 0.326 e. The molecule has 18 N–H and O–H groups in total. The number of aliphatic carboxylic acids is 1. The first-order chi connectivity index (χ1) is 33.9. The average molecular weight is 989 g/mol. The lowest BCUT2D eigenvalue weighted by Gasteiger charge is -2.29. The summed E-state index contributed by atoms with van der Waals surface area (Å²) in [5, 5.41) is 35.9. The van der Waals surface area contributed by atoms with Gasteiger partial charge < -0.3 is 75.1 Å². The van der Waals surface area contributed by atoms with Crippen molar-refractivity contribution in [3.63, 3.8) is 0 Å². The van der Waals surface area contributed by atoms with Gasteiger partial charge in [0.15, 0.2) is 5.96 Å². The number of aromatic amines is 1. The van der Waals surface area contributed by atoms with E-state index in [1.807, 2.05) is 24.3 Å². The first kappa shape index (κ1) is 56.0. The van der Waals surface area contributed by atoms with E-state index in [2.05, 4.69) is 42.2 Å². The molecule has 2 aromatic carbocycles. The normalized spacial score (nSPS) is 15.7. The summed E-state index contributed by atoms with van der Waals surface area (Å²) in [6, 6.07) is 7.74. The number of H-pyrrole nitrogens is 1. The standard InChI is InChI=1S/C47H68N14O10/c1-27(45(69)61-22-10-17-37(61)44(68)55-26-39(63)57-35(46(70)71)15-7-8-20-48)56-41(65)34(18-19-38(50)62)59-42(66)33(16-9-21-53-47(51)52)58-43(67)36(23-28-11-3-2-4-12-28)60-40(64)31(49)24-29-25-54-32-14-6-5-13-30(29)32/h2-6,11-14,25,27,31,33-37,54H,7-10,15-24,26,48-49H2,1H3,(H2,50,62)(H,55,68)(H,56,65)(H,57,63)(H,58,67)(H,59,66)(H,60,64)(H,70,71)(H4,51,52,53)/t27-,31-,33-,34-,35-,36-,37-/m0/s1. The zero-order chi connectivity index (χ0) is 52.0. The number of carbonyl (C=O) groups excluding carboxylic acids is 8. The Kier molecular flexibility index (Phi) is 22.2. The van der Waals surface area contributed by atoms with Gasteiger partial charge in [0, 0.05) is 43.0 Å². The number of hydrogen-bond acceptors (Lipinski definition) is 12. The number of guanidine groups is 1. The topological polar surface area (TPSA) is 405 Å². The number of fused-ring (bicyclic) bond motifs is 1. The van der Waals surface area contributed by atoms with Gasteiger partial charge in [-0.3, -0.25) is 43.8 Å². The Morgan fingerprint density at radius 3 is 2.07 bits per heavy atom. The van der Waals surface area contributed by atoms with Crippen molar-refractivity contribution >= 4 is 70.1 Å². The van der Waals surface area contributed by atoms with Crippen molar-refractivity contribution in [2.75, 3.05) is 26.2 Å². The maximum atomic E-state index is 14.2. The summed E-state index contributed by atoms with van der Waals surface area (Å²) < 4.78 is 0. The van der Waals surface area contributed by atoms with Gasteiger partial charge in [-0.05, 0) is 88.4 Å². The highest BCUT2D eigenvalue weighted by atomic mass is 16.4. The summed E-state index contributed by atoms with van der Waals surface area (Å²) in [6.45, 7) is 1.43. The second-order valence-corrected chi connectivity index (χ2v) is 17.4. The summed E-state index contributed by atoms with van der Waals surface area (Å²) in [6.07, 6.45) is 3.18. The molecule has 0 unspecified atom stereocenters. The number of amides is 8. The molecule has 24 nitrogen and oxygen atoms in total. The number of unbranched alkanes of at least 4 members (excludes halogenated alkanes) is 1. The molecule has 7 atom stereocenters. The van der Waals surface area contributed by atoms with E-state index in [0.717, 1.165) is 16.5 Å². The van der Waals surface area contributed by atoms with Crippen LogP contribution in [0.1, 0.15) is 75.8 Å². The summed E-state index contributed by atoms with van der Waals surface area (Å²) >= 11 is 0. The van der Waals surface area contributed by atoms with Gasteiger partial charge in [0.05, 0.1) is 12.6 Å². The number of likely N-dealkylation sites (tertiary alicyclic amines) is 1. The van der Waals surface area contributed by atoms with Gasteiger partial charge >= 0.3 is 5.97 Å². The molecule has 4 rings (SSSR count). The van der Waals surface area contributed by atoms with Crippen LogP contribution in [0.4, 0.5) is 0 Å². The molecule has 1 aliphatic rings. The van der Waals surface area contributed by atoms with E-state index in [4.69, 9.17) is 28.3 Å². The van der Waals surface area contributed by atoms with E-state index >= 15 is 0 Å². The Labute approximate surface area is 410 Å². The molecule has 8 amide bonds. The number of nitrogens with two attached hydrogens (primary N) is 4. The number of para-hydroxylation sites is 1. The first-order valence-electron chi connectivity index (χ1n) is 23.6. The van der Waals surface area contributed by atoms with Crippen LogP contribution in [0.3, 0.4) is 0 Å². The third-order valence-corrected chi connectivity index (χ3v) is 11.9. The molecule has 71 heavy (non-hydrogen) atoms. The minimum Gasteiger partial charge on any atom is -0.480 e. The largest absolute Gasteiger partial charge is 0.480 e. The molecule has 3 aromatic rings. The van der Waals surface area contributed by atoms with Crippen LogP contribution in [0.2, 0.25) is 0 Å². The molecule has 1 fully saturated rings. The number of carboxylic acid groups (broad SMARTS) is 1. The third-order valence-electron chi connectivity index (χ3n) is 11.9. The molecule has 386 valence electrons. The van der Waals surface area contributed by atoms with Crippen LogP contribution in [0.5, 0.6) is 0 Å². The molecule has 0 bridgehead atoms. The fourth-order valence-electron chi connectivity index (χ4n) is 8.07. The van der Waals surface area contributed by atoms with Crippen molar-refractivity contribution < 1.29 is 48.3 Å². The summed E-state index contributed by atoms with van der Waals surface area (Å²) in [4.78, 5) is 123. The lowest BCUT2D eigenvalue weighted by Crippen LogP contribution is -2.59. The van der Waals surface area contributed by atoms with E-state index in [-0.39, 0.29) is 70.4 Å². The first-order valence-corrected chi connectivity index (χ1v) is 23.6. The SMILES string of the molecule is C[C@H](NC(=O)[C@H](CCC(N)=O)NC(=O)[C@H](CCCNC(=N)N)NC(=O)[C@H](Cc1ccccc1)NC(=O)[C@@H](N)Cc1c[nH]c2ccccc12)C(=O)N1CCC[C@H]1C(=O)NCC(=O)N[C@@H](CCCCN)C(=O)O. The van der Waals surface area contributed by atoms with Gasteiger partial charge in [0.1, 0.15) is 36.3 Å². The predicted molar refractivity (Wildman–Crippen MR) is 261 cm³/mol. The number of nitrogens with zero attached hydrogens (tertiary/aromatic N) is 1.